The lowest BCUT2D eigenvalue weighted by atomic mass is 10.1. The summed E-state index contributed by atoms with van der Waals surface area (Å²) in [5, 5.41) is 13.9. The molecule has 4 nitrogen and oxygen atoms in total. The monoisotopic (exact) mass is 270 g/mol. The lowest BCUT2D eigenvalue weighted by molar-refractivity contribution is -0.384. The van der Waals surface area contributed by atoms with E-state index in [-0.39, 0.29) is 10.6 Å². The van der Waals surface area contributed by atoms with Gasteiger partial charge in [0.05, 0.1) is 4.92 Å². The number of nitrogens with zero attached hydrogens (tertiary/aromatic N) is 1. The van der Waals surface area contributed by atoms with E-state index < -0.39 is 0 Å². The van der Waals surface area contributed by atoms with Crippen molar-refractivity contribution in [3.05, 3.63) is 75.3 Å². The maximum atomic E-state index is 10.6. The summed E-state index contributed by atoms with van der Waals surface area (Å²) >= 11 is 0. The summed E-state index contributed by atoms with van der Waals surface area (Å²) in [5.41, 5.74) is 3.83. The minimum atomic E-state index is -0.380. The van der Waals surface area contributed by atoms with E-state index in [1.165, 1.54) is 23.3 Å². The van der Waals surface area contributed by atoms with E-state index in [0.717, 1.165) is 18.5 Å². The van der Waals surface area contributed by atoms with Gasteiger partial charge in [-0.25, -0.2) is 0 Å². The molecule has 2 aromatic rings. The number of non-ortho nitro benzene ring substituents is 1. The number of nitro benzene ring substituents is 1. The highest BCUT2D eigenvalue weighted by Crippen LogP contribution is 2.12. The van der Waals surface area contributed by atoms with E-state index in [1.54, 1.807) is 12.1 Å². The zero-order chi connectivity index (χ0) is 14.4. The van der Waals surface area contributed by atoms with Gasteiger partial charge in [-0.2, -0.15) is 0 Å². The Hall–Kier alpha value is -2.20. The van der Waals surface area contributed by atoms with Gasteiger partial charge in [-0.15, -0.1) is 0 Å². The molecule has 104 valence electrons. The standard InChI is InChI=1S/C16H18N2O2/c1-2-14-5-3-4-6-15(14)12-17-11-13-7-9-16(10-8-13)18(19)20/h3-10,17H,2,11-12H2,1H3. The van der Waals surface area contributed by atoms with E-state index in [9.17, 15) is 10.1 Å². The molecule has 0 radical (unpaired) electrons. The fraction of sp³-hybridized carbons (Fsp3) is 0.250. The highest BCUT2D eigenvalue weighted by atomic mass is 16.6. The highest BCUT2D eigenvalue weighted by molar-refractivity contribution is 5.33. The second kappa shape index (κ2) is 6.82. The van der Waals surface area contributed by atoms with Crippen molar-refractivity contribution < 1.29 is 4.92 Å². The number of aryl methyl sites for hydroxylation is 1. The molecule has 0 aliphatic rings. The first-order chi connectivity index (χ1) is 9.70. The number of rotatable bonds is 6. The second-order valence-corrected chi connectivity index (χ2v) is 4.65. The van der Waals surface area contributed by atoms with Crippen LogP contribution in [-0.2, 0) is 19.5 Å². The smallest absolute Gasteiger partial charge is 0.269 e. The van der Waals surface area contributed by atoms with E-state index in [2.05, 4.69) is 30.4 Å². The molecule has 2 rings (SSSR count). The summed E-state index contributed by atoms with van der Waals surface area (Å²) in [6, 6.07) is 15.0. The maximum absolute atomic E-state index is 10.6. The Morgan fingerprint density at radius 1 is 1.00 bits per heavy atom. The van der Waals surface area contributed by atoms with Crippen LogP contribution < -0.4 is 5.32 Å². The predicted molar refractivity (Wildman–Crippen MR) is 79.5 cm³/mol. The third kappa shape index (κ3) is 3.65. The van der Waals surface area contributed by atoms with Crippen LogP contribution >= 0.6 is 0 Å². The fourth-order valence-electron chi connectivity index (χ4n) is 2.15. The molecule has 0 amide bonds. The zero-order valence-electron chi connectivity index (χ0n) is 11.5. The maximum Gasteiger partial charge on any atom is 0.269 e. The van der Waals surface area contributed by atoms with Crippen LogP contribution in [0.1, 0.15) is 23.6 Å². The molecular formula is C16H18N2O2. The lowest BCUT2D eigenvalue weighted by Gasteiger charge is -2.09. The van der Waals surface area contributed by atoms with E-state index in [4.69, 9.17) is 0 Å². The Balaban J connectivity index is 1.91. The van der Waals surface area contributed by atoms with Gasteiger partial charge in [0.25, 0.3) is 5.69 Å². The Morgan fingerprint density at radius 2 is 1.65 bits per heavy atom. The van der Waals surface area contributed by atoms with Crippen molar-refractivity contribution in [2.24, 2.45) is 0 Å². The number of nitrogens with one attached hydrogen (secondary N) is 1. The molecule has 0 saturated carbocycles. The van der Waals surface area contributed by atoms with Crippen LogP contribution in [-0.4, -0.2) is 4.92 Å². The molecule has 0 saturated heterocycles. The topological polar surface area (TPSA) is 55.2 Å². The minimum absolute atomic E-state index is 0.130. The van der Waals surface area contributed by atoms with Gasteiger partial charge < -0.3 is 5.32 Å². The van der Waals surface area contributed by atoms with Crippen LogP contribution in [0.3, 0.4) is 0 Å². The molecule has 0 aliphatic heterocycles. The molecule has 0 heterocycles. The molecule has 0 aliphatic carbocycles. The van der Waals surface area contributed by atoms with Gasteiger partial charge in [0, 0.05) is 25.2 Å². The Bertz CT molecular complexity index is 579. The number of benzene rings is 2. The van der Waals surface area contributed by atoms with Crippen molar-refractivity contribution in [2.45, 2.75) is 26.4 Å². The normalized spacial score (nSPS) is 10.4. The van der Waals surface area contributed by atoms with Gasteiger partial charge in [0.15, 0.2) is 0 Å². The first-order valence-corrected chi connectivity index (χ1v) is 6.71. The average molecular weight is 270 g/mol. The van der Waals surface area contributed by atoms with Gasteiger partial charge in [-0.3, -0.25) is 10.1 Å². The first kappa shape index (κ1) is 14.2. The second-order valence-electron chi connectivity index (χ2n) is 4.65. The summed E-state index contributed by atoms with van der Waals surface area (Å²) in [6.07, 6.45) is 1.02. The molecule has 0 fully saturated rings. The number of nitro groups is 1. The molecule has 1 N–H and O–H groups in total. The zero-order valence-corrected chi connectivity index (χ0v) is 11.5. The minimum Gasteiger partial charge on any atom is -0.309 e. The quantitative estimate of drug-likeness (QED) is 0.646. The first-order valence-electron chi connectivity index (χ1n) is 6.71. The largest absolute Gasteiger partial charge is 0.309 e. The van der Waals surface area contributed by atoms with Gasteiger partial charge in [-0.1, -0.05) is 43.3 Å². The Morgan fingerprint density at radius 3 is 2.25 bits per heavy atom. The molecule has 4 heteroatoms. The van der Waals surface area contributed by atoms with Gasteiger partial charge in [0.1, 0.15) is 0 Å². The number of hydrogen-bond acceptors (Lipinski definition) is 3. The van der Waals surface area contributed by atoms with Crippen LogP contribution in [0.4, 0.5) is 5.69 Å². The van der Waals surface area contributed by atoms with E-state index >= 15 is 0 Å². The van der Waals surface area contributed by atoms with Crippen LogP contribution in [0.2, 0.25) is 0 Å². The van der Waals surface area contributed by atoms with Crippen molar-refractivity contribution in [1.29, 1.82) is 0 Å². The molecule has 20 heavy (non-hydrogen) atoms. The third-order valence-corrected chi connectivity index (χ3v) is 3.29. The van der Waals surface area contributed by atoms with Crippen LogP contribution in [0.15, 0.2) is 48.5 Å². The van der Waals surface area contributed by atoms with Gasteiger partial charge in [0.2, 0.25) is 0 Å². The van der Waals surface area contributed by atoms with Crippen molar-refractivity contribution in [1.82, 2.24) is 5.32 Å². The molecular weight excluding hydrogens is 252 g/mol. The average Bonchev–Trinajstić information content (AvgIpc) is 2.48. The summed E-state index contributed by atoms with van der Waals surface area (Å²) < 4.78 is 0. The van der Waals surface area contributed by atoms with Crippen LogP contribution in [0.25, 0.3) is 0 Å². The summed E-state index contributed by atoms with van der Waals surface area (Å²) in [6.45, 7) is 3.66. The summed E-state index contributed by atoms with van der Waals surface area (Å²) in [4.78, 5) is 10.2. The Labute approximate surface area is 118 Å². The van der Waals surface area contributed by atoms with E-state index in [1.807, 2.05) is 6.07 Å². The third-order valence-electron chi connectivity index (χ3n) is 3.29. The summed E-state index contributed by atoms with van der Waals surface area (Å²) in [7, 11) is 0. The molecule has 0 aromatic heterocycles. The van der Waals surface area contributed by atoms with Gasteiger partial charge in [-0.05, 0) is 23.1 Å². The summed E-state index contributed by atoms with van der Waals surface area (Å²) in [5.74, 6) is 0. The molecule has 0 atom stereocenters. The number of hydrogen-bond donors (Lipinski definition) is 1. The van der Waals surface area contributed by atoms with Crippen molar-refractivity contribution in [3.63, 3.8) is 0 Å². The van der Waals surface area contributed by atoms with Crippen molar-refractivity contribution >= 4 is 5.69 Å². The molecule has 0 spiro atoms. The highest BCUT2D eigenvalue weighted by Gasteiger charge is 2.04. The van der Waals surface area contributed by atoms with E-state index in [0.29, 0.717) is 6.54 Å². The lowest BCUT2D eigenvalue weighted by Crippen LogP contribution is -2.13. The molecule has 0 bridgehead atoms. The van der Waals surface area contributed by atoms with Crippen LogP contribution in [0, 0.1) is 10.1 Å². The van der Waals surface area contributed by atoms with Crippen molar-refractivity contribution in [2.75, 3.05) is 0 Å². The fourth-order valence-corrected chi connectivity index (χ4v) is 2.15. The Kier molecular flexibility index (Phi) is 4.85. The molecule has 2 aromatic carbocycles. The SMILES string of the molecule is CCc1ccccc1CNCc1ccc([N+](=O)[O-])cc1. The van der Waals surface area contributed by atoms with Crippen molar-refractivity contribution in [3.8, 4) is 0 Å². The van der Waals surface area contributed by atoms with Crippen LogP contribution in [0.5, 0.6) is 0 Å². The van der Waals surface area contributed by atoms with Gasteiger partial charge >= 0.3 is 0 Å². The predicted octanol–water partition coefficient (Wildman–Crippen LogP) is 3.45. The molecule has 0 unspecified atom stereocenters.